The van der Waals surface area contributed by atoms with Crippen molar-refractivity contribution in [3.63, 3.8) is 0 Å². The van der Waals surface area contributed by atoms with Crippen molar-refractivity contribution in [2.24, 2.45) is 7.05 Å². The first-order valence-electron chi connectivity index (χ1n) is 17.2. The fourth-order valence-electron chi connectivity index (χ4n) is 6.08. The van der Waals surface area contributed by atoms with Crippen molar-refractivity contribution in [3.8, 4) is 5.75 Å². The van der Waals surface area contributed by atoms with Crippen molar-refractivity contribution in [2.75, 3.05) is 11.4 Å². The number of oxazole rings is 1. The van der Waals surface area contributed by atoms with Crippen LogP contribution in [0.3, 0.4) is 0 Å². The molecular formula is C40H41N3O8S2. The summed E-state index contributed by atoms with van der Waals surface area (Å²) in [6.07, 6.45) is 7.80. The van der Waals surface area contributed by atoms with E-state index in [9.17, 15) is 25.9 Å². The van der Waals surface area contributed by atoms with Crippen LogP contribution in [0.15, 0.2) is 125 Å². The summed E-state index contributed by atoms with van der Waals surface area (Å²) >= 11 is 0. The van der Waals surface area contributed by atoms with Crippen LogP contribution < -0.4 is 18.8 Å². The fourth-order valence-corrected chi connectivity index (χ4v) is 6.86. The number of hydrogen-bond acceptors (Lipinski definition) is 9. The van der Waals surface area contributed by atoms with E-state index in [1.807, 2.05) is 131 Å². The number of aromatic nitrogens is 2. The minimum Gasteiger partial charge on any atom is -0.748 e. The van der Waals surface area contributed by atoms with E-state index >= 15 is 0 Å². The molecule has 0 spiro atoms. The molecule has 2 atom stereocenters. The molecule has 0 saturated carbocycles. The molecule has 6 aromatic rings. The number of benzene rings is 4. The highest BCUT2D eigenvalue weighted by atomic mass is 32.2. The summed E-state index contributed by atoms with van der Waals surface area (Å²) in [5, 5.41) is 1.77. The summed E-state index contributed by atoms with van der Waals surface area (Å²) in [4.78, 5) is 1.86. The molecule has 7 rings (SSSR count). The van der Waals surface area contributed by atoms with Gasteiger partial charge in [-0.05, 0) is 72.5 Å². The second kappa shape index (κ2) is 15.5. The first-order chi connectivity index (χ1) is 25.2. The molecule has 0 amide bonds. The molecule has 1 aliphatic heterocycles. The summed E-state index contributed by atoms with van der Waals surface area (Å²) in [5.41, 5.74) is 2.84. The average Bonchev–Trinajstić information content (AvgIpc) is 3.61. The predicted octanol–water partition coefficient (Wildman–Crippen LogP) is 6.33. The summed E-state index contributed by atoms with van der Waals surface area (Å²) < 4.78 is 86.4. The van der Waals surface area contributed by atoms with Crippen LogP contribution in [0.2, 0.25) is 0 Å². The van der Waals surface area contributed by atoms with E-state index in [1.165, 1.54) is 13.8 Å². The van der Waals surface area contributed by atoms with Gasteiger partial charge in [0.15, 0.2) is 24.7 Å². The van der Waals surface area contributed by atoms with Crippen molar-refractivity contribution < 1.29 is 44.2 Å². The highest BCUT2D eigenvalue weighted by Crippen LogP contribution is 2.42. The number of fused-ring (bicyclic) bond motifs is 4. The molecule has 3 heterocycles. The summed E-state index contributed by atoms with van der Waals surface area (Å²) in [5.74, 6) is 1.51. The number of aryl methyl sites for hydroxylation is 2. The van der Waals surface area contributed by atoms with Gasteiger partial charge in [0.05, 0.1) is 37.2 Å². The smallest absolute Gasteiger partial charge is 0.374 e. The lowest BCUT2D eigenvalue weighted by Gasteiger charge is -2.22. The van der Waals surface area contributed by atoms with Crippen molar-refractivity contribution in [3.05, 3.63) is 127 Å². The van der Waals surface area contributed by atoms with Gasteiger partial charge in [0.1, 0.15) is 7.05 Å². The first kappa shape index (κ1) is 37.7. The van der Waals surface area contributed by atoms with Crippen LogP contribution in [-0.4, -0.2) is 43.0 Å². The highest BCUT2D eigenvalue weighted by molar-refractivity contribution is 7.86. The van der Waals surface area contributed by atoms with Gasteiger partial charge in [-0.2, -0.15) is 4.57 Å². The van der Waals surface area contributed by atoms with E-state index in [2.05, 4.69) is 0 Å². The standard InChI is InChI=1S/C34H34N2O8S2.C6H8N/c1-22(16-33-35(14-12-23(2)45(37,38)39)29-18-25-8-4-6-10-27(25)20-31(29)43-33)17-34-36(15-13-24(3)46(40,41)42)30-19-26-9-5-7-11-28(26)21-32(30)44-34;1-7-5-3-2-4-6-7/h4-11,16-21,23-24H,12-15H2,1-3H3,(H-,37,38,39,40,41,42);2-6H,1H3/q;+1/p-1. The summed E-state index contributed by atoms with van der Waals surface area (Å²) in [6, 6.07) is 29.5. The van der Waals surface area contributed by atoms with Gasteiger partial charge >= 0.3 is 5.89 Å². The lowest BCUT2D eigenvalue weighted by molar-refractivity contribution is -0.678. The van der Waals surface area contributed by atoms with Gasteiger partial charge in [0.2, 0.25) is 11.5 Å². The number of pyridine rings is 1. The maximum Gasteiger partial charge on any atom is 0.374 e. The van der Waals surface area contributed by atoms with Gasteiger partial charge in [-0.15, -0.1) is 0 Å². The quantitative estimate of drug-likeness (QED) is 0.116. The molecule has 0 fully saturated rings. The van der Waals surface area contributed by atoms with Gasteiger partial charge < -0.3 is 23.2 Å². The molecule has 13 heteroatoms. The Morgan fingerprint density at radius 1 is 0.792 bits per heavy atom. The molecule has 4 aromatic carbocycles. The Bertz CT molecular complexity index is 2570. The molecule has 1 aliphatic rings. The van der Waals surface area contributed by atoms with Crippen molar-refractivity contribution in [2.45, 2.75) is 50.7 Å². The molecule has 11 nitrogen and oxygen atoms in total. The van der Waals surface area contributed by atoms with E-state index in [0.29, 0.717) is 23.1 Å². The minimum absolute atomic E-state index is 0.0967. The third-order valence-electron chi connectivity index (χ3n) is 9.27. The van der Waals surface area contributed by atoms with Gasteiger partial charge in [-0.25, -0.2) is 21.4 Å². The molecule has 0 bridgehead atoms. The molecule has 276 valence electrons. The molecule has 0 saturated heterocycles. The molecule has 0 N–H and O–H groups in total. The van der Waals surface area contributed by atoms with E-state index in [0.717, 1.165) is 38.3 Å². The van der Waals surface area contributed by atoms with Crippen molar-refractivity contribution in [1.82, 2.24) is 0 Å². The first-order valence-corrected chi connectivity index (χ1v) is 20.1. The van der Waals surface area contributed by atoms with Crippen LogP contribution in [0.25, 0.3) is 38.7 Å². The normalized spacial score (nSPS) is 15.3. The number of anilines is 1. The minimum atomic E-state index is -4.46. The van der Waals surface area contributed by atoms with E-state index in [-0.39, 0.29) is 25.9 Å². The predicted molar refractivity (Wildman–Crippen MR) is 203 cm³/mol. The van der Waals surface area contributed by atoms with Crippen molar-refractivity contribution in [1.29, 1.82) is 0 Å². The molecule has 53 heavy (non-hydrogen) atoms. The topological polar surface area (TPSA) is 148 Å². The third kappa shape index (κ3) is 8.94. The maximum absolute atomic E-state index is 11.7. The van der Waals surface area contributed by atoms with Gasteiger partial charge in [-0.3, -0.25) is 0 Å². The average molecular weight is 756 g/mol. The van der Waals surface area contributed by atoms with Gasteiger partial charge in [0, 0.05) is 42.5 Å². The Kier molecular flexibility index (Phi) is 11.0. The fraction of sp³-hybridized carbons (Fsp3) is 0.250. The van der Waals surface area contributed by atoms with Crippen LogP contribution >= 0.6 is 0 Å². The second-order valence-corrected chi connectivity index (χ2v) is 16.9. The monoisotopic (exact) mass is 755 g/mol. The summed E-state index contributed by atoms with van der Waals surface area (Å²) in [6.45, 7) is 5.12. The van der Waals surface area contributed by atoms with Gasteiger partial charge in [-0.1, -0.05) is 54.6 Å². The van der Waals surface area contributed by atoms with Crippen molar-refractivity contribution >= 4 is 64.6 Å². The van der Waals surface area contributed by atoms with Crippen LogP contribution in [0.5, 0.6) is 5.75 Å². The molecule has 2 aromatic heterocycles. The Morgan fingerprint density at radius 3 is 1.94 bits per heavy atom. The molecule has 0 radical (unpaired) electrons. The highest BCUT2D eigenvalue weighted by Gasteiger charge is 2.29. The van der Waals surface area contributed by atoms with Gasteiger partial charge in [0.25, 0.3) is 5.52 Å². The Hall–Kier alpha value is -5.08. The molecule has 0 aliphatic carbocycles. The van der Waals surface area contributed by atoms with E-state index in [1.54, 1.807) is 12.2 Å². The van der Waals surface area contributed by atoms with E-state index in [4.69, 9.17) is 9.15 Å². The Balaban J connectivity index is 0.000000616. The van der Waals surface area contributed by atoms with E-state index < -0.39 is 30.7 Å². The second-order valence-electron chi connectivity index (χ2n) is 13.3. The zero-order valence-corrected chi connectivity index (χ0v) is 31.5. The Morgan fingerprint density at radius 2 is 1.36 bits per heavy atom. The molecular weight excluding hydrogens is 715 g/mol. The zero-order valence-electron chi connectivity index (χ0n) is 29.9. The van der Waals surface area contributed by atoms with Crippen LogP contribution in [0.4, 0.5) is 5.69 Å². The number of rotatable bonds is 10. The number of ether oxygens (including phenoxy) is 1. The van der Waals surface area contributed by atoms with Crippen LogP contribution in [-0.2, 0) is 33.8 Å². The van der Waals surface area contributed by atoms with Crippen LogP contribution in [0.1, 0.15) is 39.5 Å². The number of hydrogen-bond donors (Lipinski definition) is 0. The SMILES string of the molecule is CC(/C=C1\Oc2cc3ccccc3cc2N1CCC(C)S(=O)(=O)[O-])=C\c1oc2cc3ccccc3cc2[n+]1CCC(C)S(=O)(=O)[O-].C[n+]1ccccc1. The Labute approximate surface area is 309 Å². The number of allylic oxidation sites excluding steroid dienone is 2. The third-order valence-corrected chi connectivity index (χ3v) is 11.7. The maximum atomic E-state index is 11.7. The lowest BCUT2D eigenvalue weighted by atomic mass is 10.1. The summed E-state index contributed by atoms with van der Waals surface area (Å²) in [7, 11) is -6.92. The zero-order chi connectivity index (χ0) is 37.9. The molecule has 2 unspecified atom stereocenters. The largest absolute Gasteiger partial charge is 0.748 e. The lowest BCUT2D eigenvalue weighted by Crippen LogP contribution is -2.37. The number of nitrogens with zero attached hydrogens (tertiary/aromatic N) is 3. The van der Waals surface area contributed by atoms with Crippen LogP contribution in [0, 0.1) is 0 Å².